The molecule has 0 radical (unpaired) electrons. The fraction of sp³-hybridized carbons (Fsp3) is 0.182. The number of halogens is 1. The molecule has 31 heavy (non-hydrogen) atoms. The largest absolute Gasteiger partial charge is 0.465 e. The molecule has 2 heterocycles. The van der Waals surface area contributed by atoms with Crippen molar-refractivity contribution >= 4 is 29.6 Å². The lowest BCUT2D eigenvalue weighted by Gasteiger charge is -2.08. The minimum Gasteiger partial charge on any atom is -0.465 e. The van der Waals surface area contributed by atoms with Gasteiger partial charge in [-0.3, -0.25) is 5.43 Å². The second kappa shape index (κ2) is 9.89. The van der Waals surface area contributed by atoms with Crippen molar-refractivity contribution in [1.82, 2.24) is 4.98 Å². The molecule has 2 aromatic heterocycles. The Morgan fingerprint density at radius 3 is 2.81 bits per heavy atom. The van der Waals surface area contributed by atoms with Gasteiger partial charge in [0, 0.05) is 23.9 Å². The van der Waals surface area contributed by atoms with Crippen molar-refractivity contribution in [2.24, 2.45) is 5.10 Å². The summed E-state index contributed by atoms with van der Waals surface area (Å²) in [6, 6.07) is 12.3. The highest BCUT2D eigenvalue weighted by atomic mass is 35.5. The number of nitrogens with zero attached hydrogens (tertiary/aromatic N) is 3. The first-order chi connectivity index (χ1) is 15.0. The second-order valence-corrected chi connectivity index (χ2v) is 6.86. The van der Waals surface area contributed by atoms with Crippen LogP contribution >= 0.6 is 11.6 Å². The van der Waals surface area contributed by atoms with Crippen LogP contribution in [0, 0.1) is 18.3 Å². The number of hydrogen-bond donors (Lipinski definition) is 1. The Morgan fingerprint density at radius 2 is 2.13 bits per heavy atom. The molecule has 0 amide bonds. The summed E-state index contributed by atoms with van der Waals surface area (Å²) in [4.78, 5) is 16.0. The zero-order chi connectivity index (χ0) is 22.4. The summed E-state index contributed by atoms with van der Waals surface area (Å²) < 4.78 is 15.6. The fourth-order valence-electron chi connectivity index (χ4n) is 2.89. The van der Waals surface area contributed by atoms with Crippen LogP contribution in [0.5, 0.6) is 0 Å². The van der Waals surface area contributed by atoms with E-state index < -0.39 is 5.97 Å². The van der Waals surface area contributed by atoms with Crippen LogP contribution in [0.25, 0.3) is 11.3 Å². The van der Waals surface area contributed by atoms with E-state index in [0.29, 0.717) is 35.1 Å². The fourth-order valence-corrected chi connectivity index (χ4v) is 3.15. The zero-order valence-electron chi connectivity index (χ0n) is 17.1. The van der Waals surface area contributed by atoms with E-state index in [1.165, 1.54) is 13.3 Å². The number of benzene rings is 1. The summed E-state index contributed by atoms with van der Waals surface area (Å²) in [5, 5.41) is 13.8. The average molecular weight is 439 g/mol. The summed E-state index contributed by atoms with van der Waals surface area (Å²) >= 11 is 6.17. The van der Waals surface area contributed by atoms with Crippen LogP contribution in [-0.4, -0.2) is 31.4 Å². The van der Waals surface area contributed by atoms with Crippen LogP contribution in [0.1, 0.15) is 32.9 Å². The lowest BCUT2D eigenvalue weighted by Crippen LogP contribution is -2.03. The van der Waals surface area contributed by atoms with E-state index in [1.807, 2.05) is 6.92 Å². The number of hydrazone groups is 1. The minimum absolute atomic E-state index is 0.263. The number of pyridine rings is 1. The highest BCUT2D eigenvalue weighted by Gasteiger charge is 2.13. The highest BCUT2D eigenvalue weighted by molar-refractivity contribution is 6.33. The third kappa shape index (κ3) is 5.09. The molecule has 158 valence electrons. The molecule has 0 atom stereocenters. The van der Waals surface area contributed by atoms with Gasteiger partial charge in [-0.2, -0.15) is 10.4 Å². The number of aromatic nitrogens is 1. The first-order valence-electron chi connectivity index (χ1n) is 9.13. The van der Waals surface area contributed by atoms with Gasteiger partial charge in [0.2, 0.25) is 0 Å². The van der Waals surface area contributed by atoms with Crippen molar-refractivity contribution in [2.45, 2.75) is 13.5 Å². The van der Waals surface area contributed by atoms with Crippen LogP contribution in [0.3, 0.4) is 0 Å². The van der Waals surface area contributed by atoms with Gasteiger partial charge < -0.3 is 13.9 Å². The van der Waals surface area contributed by atoms with Crippen molar-refractivity contribution in [2.75, 3.05) is 19.6 Å². The average Bonchev–Trinajstić information content (AvgIpc) is 3.22. The standard InChI is InChI=1S/C22H19ClN4O4/c1-13-8-15(12-29-2)18(10-24)21(26-13)27-25-11-16-5-7-20(31-16)14-4-6-17(19(23)9-14)22(28)30-3/h4-9,11H,12H2,1-3H3,(H,26,27)/b25-11-. The Balaban J connectivity index is 1.77. The normalized spacial score (nSPS) is 10.8. The SMILES string of the molecule is COCc1cc(C)nc(N/N=C\c2ccc(-c3ccc(C(=O)OC)c(Cl)c3)o2)c1C#N. The molecular weight excluding hydrogens is 420 g/mol. The molecule has 0 bridgehead atoms. The zero-order valence-corrected chi connectivity index (χ0v) is 17.9. The molecule has 0 unspecified atom stereocenters. The van der Waals surface area contributed by atoms with E-state index in [0.717, 1.165) is 11.3 Å². The molecule has 0 fully saturated rings. The van der Waals surface area contributed by atoms with Crippen molar-refractivity contribution < 1.29 is 18.7 Å². The Labute approximate surface area is 184 Å². The monoisotopic (exact) mass is 438 g/mol. The highest BCUT2D eigenvalue weighted by Crippen LogP contribution is 2.27. The molecule has 0 aliphatic heterocycles. The molecule has 0 saturated carbocycles. The summed E-state index contributed by atoms with van der Waals surface area (Å²) in [6.45, 7) is 2.12. The van der Waals surface area contributed by atoms with Gasteiger partial charge in [-0.05, 0) is 37.3 Å². The van der Waals surface area contributed by atoms with Crippen molar-refractivity contribution in [3.05, 3.63) is 69.6 Å². The van der Waals surface area contributed by atoms with Crippen molar-refractivity contribution in [1.29, 1.82) is 5.26 Å². The molecule has 8 nitrogen and oxygen atoms in total. The molecule has 3 rings (SSSR count). The topological polar surface area (TPSA) is 110 Å². The lowest BCUT2D eigenvalue weighted by atomic mass is 10.1. The van der Waals surface area contributed by atoms with Gasteiger partial charge in [0.1, 0.15) is 23.2 Å². The van der Waals surface area contributed by atoms with E-state index in [-0.39, 0.29) is 10.6 Å². The summed E-state index contributed by atoms with van der Waals surface area (Å²) in [5.74, 6) is 0.847. The summed E-state index contributed by atoms with van der Waals surface area (Å²) in [6.07, 6.45) is 1.47. The third-order valence-electron chi connectivity index (χ3n) is 4.29. The molecule has 9 heteroatoms. The number of nitriles is 1. The minimum atomic E-state index is -0.509. The Kier molecular flexibility index (Phi) is 7.03. The number of rotatable bonds is 7. The summed E-state index contributed by atoms with van der Waals surface area (Å²) in [7, 11) is 2.86. The smallest absolute Gasteiger partial charge is 0.339 e. The second-order valence-electron chi connectivity index (χ2n) is 6.45. The number of furan rings is 1. The van der Waals surface area contributed by atoms with Crippen LogP contribution in [0.2, 0.25) is 5.02 Å². The van der Waals surface area contributed by atoms with Crippen LogP contribution < -0.4 is 5.43 Å². The molecule has 1 aromatic carbocycles. The van der Waals surface area contributed by atoms with Crippen LogP contribution in [0.4, 0.5) is 5.82 Å². The molecular formula is C22H19ClN4O4. The number of anilines is 1. The number of hydrogen-bond acceptors (Lipinski definition) is 8. The first-order valence-corrected chi connectivity index (χ1v) is 9.51. The number of carbonyl (C=O) groups excluding carboxylic acids is 1. The predicted molar refractivity (Wildman–Crippen MR) is 116 cm³/mol. The van der Waals surface area contributed by atoms with Gasteiger partial charge in [0.05, 0.1) is 30.5 Å². The van der Waals surface area contributed by atoms with Crippen molar-refractivity contribution in [3.8, 4) is 17.4 Å². The van der Waals surface area contributed by atoms with E-state index in [9.17, 15) is 10.1 Å². The Hall–Kier alpha value is -3.67. The molecule has 0 aliphatic rings. The van der Waals surface area contributed by atoms with Crippen LogP contribution in [0.15, 0.2) is 45.9 Å². The quantitative estimate of drug-likeness (QED) is 0.327. The van der Waals surface area contributed by atoms with Crippen molar-refractivity contribution in [3.63, 3.8) is 0 Å². The number of nitrogens with one attached hydrogen (secondary N) is 1. The Morgan fingerprint density at radius 1 is 1.32 bits per heavy atom. The number of carbonyl (C=O) groups is 1. The maximum absolute atomic E-state index is 11.7. The van der Waals surface area contributed by atoms with E-state index in [1.54, 1.807) is 43.5 Å². The lowest BCUT2D eigenvalue weighted by molar-refractivity contribution is 0.0601. The molecule has 3 aromatic rings. The Bertz CT molecular complexity index is 1180. The van der Waals surface area contributed by atoms with E-state index in [2.05, 4.69) is 26.3 Å². The third-order valence-corrected chi connectivity index (χ3v) is 4.60. The first kappa shape index (κ1) is 22.0. The molecule has 0 aliphatic carbocycles. The number of methoxy groups -OCH3 is 2. The van der Waals surface area contributed by atoms with E-state index in [4.69, 9.17) is 20.8 Å². The number of ether oxygens (including phenoxy) is 2. The van der Waals surface area contributed by atoms with Gasteiger partial charge in [-0.1, -0.05) is 17.7 Å². The van der Waals surface area contributed by atoms with Gasteiger partial charge in [0.15, 0.2) is 5.82 Å². The van der Waals surface area contributed by atoms with Gasteiger partial charge >= 0.3 is 5.97 Å². The molecule has 0 saturated heterocycles. The molecule has 1 N–H and O–H groups in total. The summed E-state index contributed by atoms with van der Waals surface area (Å²) in [5.41, 5.74) is 5.58. The van der Waals surface area contributed by atoms with Gasteiger partial charge in [-0.15, -0.1) is 0 Å². The van der Waals surface area contributed by atoms with Gasteiger partial charge in [-0.25, -0.2) is 9.78 Å². The predicted octanol–water partition coefficient (Wildman–Crippen LogP) is 4.55. The molecule has 0 spiro atoms. The van der Waals surface area contributed by atoms with Crippen LogP contribution in [-0.2, 0) is 16.1 Å². The maximum atomic E-state index is 11.7. The number of aryl methyl sites for hydroxylation is 1. The van der Waals surface area contributed by atoms with Gasteiger partial charge in [0.25, 0.3) is 0 Å². The van der Waals surface area contributed by atoms with E-state index >= 15 is 0 Å². The maximum Gasteiger partial charge on any atom is 0.339 e. The number of esters is 1.